The van der Waals surface area contributed by atoms with Gasteiger partial charge in [0, 0.05) is 66.1 Å². The van der Waals surface area contributed by atoms with E-state index in [1.807, 2.05) is 0 Å². The molecule has 76 heavy (non-hydrogen) atoms. The van der Waals surface area contributed by atoms with Crippen molar-refractivity contribution in [2.45, 2.75) is 197 Å². The smallest absolute Gasteiger partial charge is 0.339 e. The van der Waals surface area contributed by atoms with Crippen molar-refractivity contribution < 1.29 is 24.2 Å². The van der Waals surface area contributed by atoms with Gasteiger partial charge in [0.1, 0.15) is 11.2 Å². The molecule has 1 aromatic rings. The molecule has 4 saturated heterocycles. The Morgan fingerprint density at radius 1 is 0.776 bits per heavy atom. The molecule has 0 amide bonds. The minimum atomic E-state index is -1.15. The molecule has 7 aliphatic heterocycles. The molecule has 10 aliphatic carbocycles. The monoisotopic (exact) mass is 1020 g/mol. The fraction of sp³-hybridized carbons (Fsp3) is 0.735. The average molecular weight is 1020 g/mol. The highest BCUT2D eigenvalue weighted by molar-refractivity contribution is 6.00. The third kappa shape index (κ3) is 5.28. The second kappa shape index (κ2) is 15.8. The lowest BCUT2D eigenvalue weighted by atomic mass is 9.27. The van der Waals surface area contributed by atoms with Crippen molar-refractivity contribution in [3.8, 4) is 0 Å². The largest absolute Gasteiger partial charge is 0.508 e. The van der Waals surface area contributed by atoms with Gasteiger partial charge in [-0.15, -0.1) is 0 Å². The molecule has 0 unspecified atom stereocenters. The van der Waals surface area contributed by atoms with E-state index in [2.05, 4.69) is 52.3 Å². The summed E-state index contributed by atoms with van der Waals surface area (Å²) in [6.45, 7) is 2.86. The molecule has 0 radical (unpaired) electrons. The molecule has 8 nitrogen and oxygen atoms in total. The van der Waals surface area contributed by atoms with Gasteiger partial charge in [-0.05, 0) is 204 Å². The number of esters is 2. The van der Waals surface area contributed by atoms with Crippen molar-refractivity contribution in [2.75, 3.05) is 19.6 Å². The Labute approximate surface area is 452 Å². The number of nitrogens with zero attached hydrogens (tertiary/aromatic N) is 2. The van der Waals surface area contributed by atoms with Gasteiger partial charge in [-0.3, -0.25) is 9.69 Å². The Hall–Kier alpha value is -3.62. The van der Waals surface area contributed by atoms with Crippen LogP contribution in [0.2, 0.25) is 0 Å². The van der Waals surface area contributed by atoms with Crippen LogP contribution in [-0.2, 0) is 26.3 Å². The van der Waals surface area contributed by atoms with E-state index in [0.29, 0.717) is 94.9 Å². The second-order valence-corrected chi connectivity index (χ2v) is 29.7. The number of fused-ring (bicyclic) bond motifs is 10. The number of benzene rings is 1. The lowest BCUT2D eigenvalue weighted by Crippen LogP contribution is -2.78. The zero-order valence-corrected chi connectivity index (χ0v) is 45.5. The molecule has 402 valence electrons. The number of hydrogen-bond acceptors (Lipinski definition) is 8. The first-order valence-electron chi connectivity index (χ1n) is 32.3. The van der Waals surface area contributed by atoms with Crippen LogP contribution in [0.3, 0.4) is 0 Å². The molecule has 7 heterocycles. The van der Waals surface area contributed by atoms with Crippen LogP contribution in [0.15, 0.2) is 76.4 Å². The van der Waals surface area contributed by atoms with E-state index in [1.165, 1.54) is 134 Å². The van der Waals surface area contributed by atoms with Crippen LogP contribution in [0, 0.1) is 92.7 Å². The van der Waals surface area contributed by atoms with E-state index in [0.717, 1.165) is 56.2 Å². The molecular weight excluding hydrogens is 939 g/mol. The van der Waals surface area contributed by atoms with Gasteiger partial charge in [-0.25, -0.2) is 4.79 Å². The number of hydrogen-bond donors (Lipinski definition) is 2. The first-order chi connectivity index (χ1) is 37.3. The van der Waals surface area contributed by atoms with Crippen molar-refractivity contribution in [2.24, 2.45) is 98.4 Å². The van der Waals surface area contributed by atoms with E-state index >= 15 is 9.59 Å². The fourth-order valence-corrected chi connectivity index (χ4v) is 25.8. The summed E-state index contributed by atoms with van der Waals surface area (Å²) >= 11 is 0. The number of aliphatic hydroxyl groups is 1. The summed E-state index contributed by atoms with van der Waals surface area (Å²) in [6.07, 6.45) is 42.4. The highest BCUT2D eigenvalue weighted by atomic mass is 16.6. The molecular formula is C68H85N3O5. The molecule has 8 heteroatoms. The Kier molecular flexibility index (Phi) is 9.62. The summed E-state index contributed by atoms with van der Waals surface area (Å²) in [5.74, 6) is 4.34. The van der Waals surface area contributed by atoms with Gasteiger partial charge in [0.05, 0.1) is 11.0 Å². The van der Waals surface area contributed by atoms with E-state index < -0.39 is 16.4 Å². The average Bonchev–Trinajstić information content (AvgIpc) is 3.79. The highest BCUT2D eigenvalue weighted by Crippen LogP contribution is 2.89. The number of allylic oxidation sites excluding steroid dienone is 6. The van der Waals surface area contributed by atoms with Gasteiger partial charge in [0.2, 0.25) is 0 Å². The predicted molar refractivity (Wildman–Crippen MR) is 291 cm³/mol. The summed E-state index contributed by atoms with van der Waals surface area (Å²) in [7, 11) is 0. The van der Waals surface area contributed by atoms with Crippen LogP contribution in [-0.4, -0.2) is 64.6 Å². The number of carbonyl (C=O) groups excluding carboxylic acids is 2. The SMILES string of the molecule is NCCCc1cccc2c1C(=O)O[C@@]21[C@H]2C[C@H](C3CCCCC3)/C=C\[C@H]3C4=C5CC[C@]16/C(=C(\O)[C@@H]1CC[C@H]7[C@@H]8C[C@H](CN7[C@@H]1C1CC7(CCCC7)C7(CCCC7)C1)[C@@H]1CCC7=C([C@@H]5[C@@H]5[C@@H](CC=C[C@H]53)C7)N1C8)OC(=O)[C@]426. The van der Waals surface area contributed by atoms with Gasteiger partial charge in [-0.1, -0.05) is 98.6 Å². The van der Waals surface area contributed by atoms with Crippen LogP contribution in [0.25, 0.3) is 0 Å². The van der Waals surface area contributed by atoms with Crippen molar-refractivity contribution >= 4 is 11.9 Å². The third-order valence-electron chi connectivity index (χ3n) is 27.8. The van der Waals surface area contributed by atoms with Crippen molar-refractivity contribution in [3.63, 3.8) is 0 Å². The maximum absolute atomic E-state index is 17.0. The van der Waals surface area contributed by atoms with E-state index in [-0.39, 0.29) is 53.5 Å². The van der Waals surface area contributed by atoms with Crippen LogP contribution in [0.5, 0.6) is 0 Å². The quantitative estimate of drug-likeness (QED) is 0.222. The lowest BCUT2D eigenvalue weighted by molar-refractivity contribution is -0.283. The Balaban J connectivity index is 0.929. The molecule has 1 aromatic carbocycles. The van der Waals surface area contributed by atoms with E-state index in [9.17, 15) is 5.11 Å². The number of piperidine rings is 3. The Morgan fingerprint density at radius 3 is 2.38 bits per heavy atom. The number of nitrogens with two attached hydrogens (primary N) is 1. The summed E-state index contributed by atoms with van der Waals surface area (Å²) < 4.78 is 15.1. The fourth-order valence-electron chi connectivity index (χ4n) is 25.8. The van der Waals surface area contributed by atoms with E-state index in [4.69, 9.17) is 15.2 Å². The minimum Gasteiger partial charge on any atom is -0.508 e. The topological polar surface area (TPSA) is 105 Å². The number of aryl methyl sites for hydroxylation is 1. The lowest BCUT2D eigenvalue weighted by Gasteiger charge is -2.73. The summed E-state index contributed by atoms with van der Waals surface area (Å²) in [5, 5.41) is 14.5. The van der Waals surface area contributed by atoms with Gasteiger partial charge in [-0.2, -0.15) is 0 Å². The number of ether oxygens (including phenoxy) is 2. The first kappa shape index (κ1) is 46.2. The molecule has 7 bridgehead atoms. The Bertz CT molecular complexity index is 2870. The second-order valence-electron chi connectivity index (χ2n) is 29.7. The Morgan fingerprint density at radius 2 is 1.58 bits per heavy atom. The molecule has 0 aromatic heterocycles. The number of carbonyl (C=O) groups is 2. The third-order valence-corrected chi connectivity index (χ3v) is 27.8. The van der Waals surface area contributed by atoms with Gasteiger partial charge in [0.15, 0.2) is 11.4 Å². The highest BCUT2D eigenvalue weighted by Gasteiger charge is 2.94. The van der Waals surface area contributed by atoms with Crippen molar-refractivity contribution in [1.29, 1.82) is 0 Å². The molecule has 9 fully saturated rings. The molecule has 16 atom stereocenters. The summed E-state index contributed by atoms with van der Waals surface area (Å²) in [4.78, 5) is 38.7. The number of rotatable bonds is 5. The zero-order valence-electron chi connectivity index (χ0n) is 45.5. The summed E-state index contributed by atoms with van der Waals surface area (Å²) in [5.41, 5.74) is 12.9. The van der Waals surface area contributed by atoms with Gasteiger partial charge < -0.3 is 25.2 Å². The minimum absolute atomic E-state index is 0.0558. The molecule has 3 N–H and O–H groups in total. The first-order valence-corrected chi connectivity index (χ1v) is 32.3. The van der Waals surface area contributed by atoms with Crippen LogP contribution < -0.4 is 5.73 Å². The van der Waals surface area contributed by atoms with Crippen LogP contribution in [0.4, 0.5) is 0 Å². The van der Waals surface area contributed by atoms with Crippen molar-refractivity contribution in [3.05, 3.63) is 93.1 Å². The van der Waals surface area contributed by atoms with Crippen molar-refractivity contribution in [1.82, 2.24) is 9.80 Å². The van der Waals surface area contributed by atoms with Gasteiger partial charge in [0.25, 0.3) is 0 Å². The zero-order chi connectivity index (χ0) is 50.2. The van der Waals surface area contributed by atoms with E-state index in [1.54, 1.807) is 16.8 Å². The summed E-state index contributed by atoms with van der Waals surface area (Å²) in [6, 6.07) is 7.80. The standard InChI is InChI=1S/C68H85N3O5/c69-30-10-15-39-13-9-17-50-55(39)62(73)76-68(50)53-33-40(38-11-2-1-3-12-38)18-20-47-46-16-8-14-41-31-42-19-22-51-43-32-44-37-71(51)59(42)56(54(41)46)48-24-29-66(68)61(75-63(74)67(53,66)57(47)48)60(72)49-21-23-52(44)70(36-43)58(49)45-34-64(25-4-5-26-64)65(35-45)27-6-7-28-65/h8-9,13,16-18,20,38,40-41,43-47,49,51-54,56,58,72H,1-7,10-12,14-15,19,21-37,69H2/b20-18-,61-60+/t40-,41+,43-,44-,46+,47-,49-,51+,52+,53+,54-,56+,58-,66-,67-,68-/m1/s1. The number of aliphatic hydroxyl groups excluding tert-OH is 1. The van der Waals surface area contributed by atoms with Crippen LogP contribution >= 0.6 is 0 Å². The molecule has 18 rings (SSSR count). The molecule has 5 spiro atoms. The normalized spacial score (nSPS) is 47.8. The van der Waals surface area contributed by atoms with Crippen LogP contribution in [0.1, 0.15) is 188 Å². The maximum atomic E-state index is 17.0. The maximum Gasteiger partial charge on any atom is 0.339 e. The molecule has 5 saturated carbocycles. The molecule has 17 aliphatic rings. The predicted octanol–water partition coefficient (Wildman–Crippen LogP) is 12.9. The van der Waals surface area contributed by atoms with Gasteiger partial charge >= 0.3 is 11.9 Å².